The number of carboxylic acids is 1. The summed E-state index contributed by atoms with van der Waals surface area (Å²) in [6.45, 7) is 1.43. The van der Waals surface area contributed by atoms with Crippen LogP contribution in [0.15, 0.2) is 46.9 Å². The molecule has 0 spiro atoms. The van der Waals surface area contributed by atoms with Gasteiger partial charge in [0.2, 0.25) is 0 Å². The first-order valence-corrected chi connectivity index (χ1v) is 9.77. The first-order valence-electron chi connectivity index (χ1n) is 8.97. The van der Waals surface area contributed by atoms with E-state index in [4.69, 9.17) is 9.47 Å². The number of likely N-dealkylation sites (tertiary alicyclic amines) is 1. The summed E-state index contributed by atoms with van der Waals surface area (Å²) in [5, 5.41) is 9.32. The molecule has 2 aromatic rings. The second-order valence-electron chi connectivity index (χ2n) is 6.71. The van der Waals surface area contributed by atoms with Crippen molar-refractivity contribution in [2.75, 3.05) is 27.3 Å². The van der Waals surface area contributed by atoms with Gasteiger partial charge in [0.15, 0.2) is 0 Å². The number of nitrogens with zero attached hydrogens (tertiary/aromatic N) is 1. The molecule has 2 aromatic carbocycles. The smallest absolute Gasteiger partial charge is 0.306 e. The molecule has 144 valence electrons. The maximum atomic E-state index is 11.3. The van der Waals surface area contributed by atoms with Crippen LogP contribution >= 0.6 is 15.9 Å². The zero-order valence-electron chi connectivity index (χ0n) is 15.5. The van der Waals surface area contributed by atoms with Crippen LogP contribution in [0.2, 0.25) is 0 Å². The predicted octanol–water partition coefficient (Wildman–Crippen LogP) is 4.35. The molecule has 0 aromatic heterocycles. The van der Waals surface area contributed by atoms with E-state index in [0.717, 1.165) is 27.1 Å². The molecule has 3 rings (SSSR count). The molecule has 0 amide bonds. The molecule has 6 heteroatoms. The Labute approximate surface area is 168 Å². The van der Waals surface area contributed by atoms with Crippen molar-refractivity contribution in [2.24, 2.45) is 5.92 Å². The average Bonchev–Trinajstić information content (AvgIpc) is 2.68. The summed E-state index contributed by atoms with van der Waals surface area (Å²) in [4.78, 5) is 13.7. The lowest BCUT2D eigenvalue weighted by molar-refractivity contribution is -0.143. The fourth-order valence-electron chi connectivity index (χ4n) is 3.72. The van der Waals surface area contributed by atoms with Crippen molar-refractivity contribution in [2.45, 2.75) is 18.9 Å². The number of hydrogen-bond donors (Lipinski definition) is 1. The Bertz CT molecular complexity index is 803. The van der Waals surface area contributed by atoms with E-state index in [0.29, 0.717) is 25.9 Å². The van der Waals surface area contributed by atoms with Gasteiger partial charge in [-0.05, 0) is 61.8 Å². The van der Waals surface area contributed by atoms with Gasteiger partial charge in [-0.1, -0.05) is 28.1 Å². The van der Waals surface area contributed by atoms with Gasteiger partial charge < -0.3 is 14.6 Å². The van der Waals surface area contributed by atoms with Crippen molar-refractivity contribution in [1.29, 1.82) is 0 Å². The molecular formula is C21H24BrNO4. The molecule has 1 unspecified atom stereocenters. The quantitative estimate of drug-likeness (QED) is 0.733. The zero-order valence-corrected chi connectivity index (χ0v) is 17.1. The van der Waals surface area contributed by atoms with E-state index < -0.39 is 5.97 Å². The van der Waals surface area contributed by atoms with Gasteiger partial charge in [0.1, 0.15) is 11.5 Å². The van der Waals surface area contributed by atoms with Crippen LogP contribution in [0.1, 0.15) is 30.0 Å². The fourth-order valence-corrected chi connectivity index (χ4v) is 4.14. The predicted molar refractivity (Wildman–Crippen MR) is 107 cm³/mol. The fraction of sp³-hybridized carbons (Fsp3) is 0.381. The highest BCUT2D eigenvalue weighted by Gasteiger charge is 2.31. The second-order valence-corrected chi connectivity index (χ2v) is 7.63. The van der Waals surface area contributed by atoms with Crippen LogP contribution in [0, 0.1) is 5.92 Å². The minimum Gasteiger partial charge on any atom is -0.497 e. The van der Waals surface area contributed by atoms with Crippen molar-refractivity contribution < 1.29 is 19.4 Å². The number of aliphatic carboxylic acids is 1. The summed E-state index contributed by atoms with van der Waals surface area (Å²) < 4.78 is 12.1. The number of ether oxygens (including phenoxy) is 2. The molecule has 0 aliphatic carbocycles. The minimum absolute atomic E-state index is 0.0395. The molecular weight excluding hydrogens is 410 g/mol. The molecule has 1 atom stereocenters. The normalized spacial score (nSPS) is 16.7. The van der Waals surface area contributed by atoms with Gasteiger partial charge in [-0.25, -0.2) is 0 Å². The molecule has 0 saturated carbocycles. The van der Waals surface area contributed by atoms with E-state index in [1.54, 1.807) is 14.2 Å². The first kappa shape index (κ1) is 19.7. The van der Waals surface area contributed by atoms with Crippen LogP contribution in [-0.4, -0.2) is 43.3 Å². The summed E-state index contributed by atoms with van der Waals surface area (Å²) >= 11 is 3.57. The summed E-state index contributed by atoms with van der Waals surface area (Å²) in [6, 6.07) is 14.0. The highest BCUT2D eigenvalue weighted by Crippen LogP contribution is 2.39. The van der Waals surface area contributed by atoms with E-state index >= 15 is 0 Å². The summed E-state index contributed by atoms with van der Waals surface area (Å²) in [7, 11) is 3.32. The molecule has 1 aliphatic heterocycles. The van der Waals surface area contributed by atoms with E-state index in [2.05, 4.69) is 33.0 Å². The molecule has 0 radical (unpaired) electrons. The third-order valence-electron chi connectivity index (χ3n) is 5.14. The number of halogens is 1. The SMILES string of the molecule is COc1ccc(OC)c(C(c2cccc(Br)c2)N2CCC(C(=O)O)CC2)c1. The maximum Gasteiger partial charge on any atom is 0.306 e. The minimum atomic E-state index is -0.701. The van der Waals surface area contributed by atoms with Gasteiger partial charge in [-0.15, -0.1) is 0 Å². The standard InChI is InChI=1S/C21H24BrNO4/c1-26-17-6-7-19(27-2)18(13-17)20(15-4-3-5-16(22)12-15)23-10-8-14(9-11-23)21(24)25/h3-7,12-14,20H,8-11H2,1-2H3,(H,24,25). The van der Waals surface area contributed by atoms with Gasteiger partial charge in [0, 0.05) is 10.0 Å². The number of piperidine rings is 1. The van der Waals surface area contributed by atoms with E-state index in [1.165, 1.54) is 0 Å². The summed E-state index contributed by atoms with van der Waals surface area (Å²) in [5.41, 5.74) is 2.15. The topological polar surface area (TPSA) is 59.0 Å². The Morgan fingerprint density at radius 3 is 2.48 bits per heavy atom. The van der Waals surface area contributed by atoms with E-state index in [1.807, 2.05) is 30.3 Å². The van der Waals surface area contributed by atoms with Crippen molar-refractivity contribution in [1.82, 2.24) is 4.90 Å². The maximum absolute atomic E-state index is 11.3. The molecule has 1 N–H and O–H groups in total. The lowest BCUT2D eigenvalue weighted by Crippen LogP contribution is -2.39. The number of rotatable bonds is 6. The van der Waals surface area contributed by atoms with Gasteiger partial charge in [-0.2, -0.15) is 0 Å². The van der Waals surface area contributed by atoms with Crippen molar-refractivity contribution in [3.8, 4) is 11.5 Å². The molecule has 1 heterocycles. The van der Waals surface area contributed by atoms with Crippen LogP contribution in [-0.2, 0) is 4.79 Å². The van der Waals surface area contributed by atoms with Gasteiger partial charge in [0.25, 0.3) is 0 Å². The number of methoxy groups -OCH3 is 2. The third kappa shape index (κ3) is 4.45. The highest BCUT2D eigenvalue weighted by atomic mass is 79.9. The van der Waals surface area contributed by atoms with Crippen LogP contribution in [0.5, 0.6) is 11.5 Å². The van der Waals surface area contributed by atoms with Gasteiger partial charge >= 0.3 is 5.97 Å². The number of carbonyl (C=O) groups is 1. The zero-order chi connectivity index (χ0) is 19.4. The summed E-state index contributed by atoms with van der Waals surface area (Å²) in [5.74, 6) is 0.594. The second kappa shape index (κ2) is 8.76. The molecule has 1 aliphatic rings. The number of hydrogen-bond acceptors (Lipinski definition) is 4. The van der Waals surface area contributed by atoms with Crippen LogP contribution in [0.25, 0.3) is 0 Å². The van der Waals surface area contributed by atoms with Gasteiger partial charge in [0.05, 0.1) is 26.2 Å². The Balaban J connectivity index is 2.03. The Morgan fingerprint density at radius 2 is 1.89 bits per heavy atom. The van der Waals surface area contributed by atoms with Crippen LogP contribution < -0.4 is 9.47 Å². The largest absolute Gasteiger partial charge is 0.497 e. The van der Waals surface area contributed by atoms with Crippen molar-refractivity contribution in [3.63, 3.8) is 0 Å². The number of benzene rings is 2. The highest BCUT2D eigenvalue weighted by molar-refractivity contribution is 9.10. The van der Waals surface area contributed by atoms with Crippen LogP contribution in [0.4, 0.5) is 0 Å². The monoisotopic (exact) mass is 433 g/mol. The van der Waals surface area contributed by atoms with Crippen LogP contribution in [0.3, 0.4) is 0 Å². The Kier molecular flexibility index (Phi) is 6.39. The van der Waals surface area contributed by atoms with Crippen molar-refractivity contribution >= 4 is 21.9 Å². The van der Waals surface area contributed by atoms with E-state index in [9.17, 15) is 9.90 Å². The molecule has 1 fully saturated rings. The Hall–Kier alpha value is -2.05. The van der Waals surface area contributed by atoms with Gasteiger partial charge in [-0.3, -0.25) is 9.69 Å². The lowest BCUT2D eigenvalue weighted by Gasteiger charge is -2.37. The molecule has 5 nitrogen and oxygen atoms in total. The Morgan fingerprint density at radius 1 is 1.15 bits per heavy atom. The summed E-state index contributed by atoms with van der Waals surface area (Å²) in [6.07, 6.45) is 1.29. The lowest BCUT2D eigenvalue weighted by atomic mass is 9.91. The molecule has 1 saturated heterocycles. The average molecular weight is 434 g/mol. The first-order chi connectivity index (χ1) is 13.0. The molecule has 0 bridgehead atoms. The number of carboxylic acid groups (broad SMARTS) is 1. The molecule has 27 heavy (non-hydrogen) atoms. The van der Waals surface area contributed by atoms with E-state index in [-0.39, 0.29) is 12.0 Å². The van der Waals surface area contributed by atoms with Crippen molar-refractivity contribution in [3.05, 3.63) is 58.1 Å². The third-order valence-corrected chi connectivity index (χ3v) is 5.63.